The number of alkyl halides is 3. The number of hydrogen-bond donors (Lipinski definition) is 0. The molecular formula is C14H23Cl3O3. The molecule has 3 nitrogen and oxygen atoms in total. The number of esters is 1. The molecular weight excluding hydrogens is 323 g/mol. The van der Waals surface area contributed by atoms with Gasteiger partial charge in [-0.05, 0) is 20.3 Å². The van der Waals surface area contributed by atoms with Gasteiger partial charge in [0.05, 0.1) is 11.5 Å². The van der Waals surface area contributed by atoms with E-state index in [1.54, 1.807) is 13.8 Å². The number of unbranched alkanes of at least 4 members (excludes halogenated alkanes) is 4. The number of ether oxygens (including phenoxy) is 2. The van der Waals surface area contributed by atoms with E-state index in [0.717, 1.165) is 19.3 Å². The molecule has 6 heteroatoms. The van der Waals surface area contributed by atoms with Crippen LogP contribution in [0, 0.1) is 5.41 Å². The lowest BCUT2D eigenvalue weighted by molar-refractivity contribution is -0.245. The number of rotatable bonds is 6. The van der Waals surface area contributed by atoms with Crippen LogP contribution in [0.4, 0.5) is 0 Å². The molecule has 1 aliphatic heterocycles. The molecule has 1 fully saturated rings. The Bertz CT molecular complexity index is 326. The second kappa shape index (κ2) is 7.53. The monoisotopic (exact) mass is 344 g/mol. The Kier molecular flexibility index (Phi) is 6.91. The molecule has 0 aliphatic carbocycles. The van der Waals surface area contributed by atoms with Crippen molar-refractivity contribution in [1.29, 1.82) is 0 Å². The van der Waals surface area contributed by atoms with Crippen molar-refractivity contribution in [3.63, 3.8) is 0 Å². The van der Waals surface area contributed by atoms with E-state index < -0.39 is 15.5 Å². The van der Waals surface area contributed by atoms with Gasteiger partial charge in [0.25, 0.3) is 10.1 Å². The predicted octanol–water partition coefficient (Wildman–Crippen LogP) is 5.01. The molecule has 0 spiro atoms. The lowest BCUT2D eigenvalue weighted by Gasteiger charge is -2.42. The van der Waals surface area contributed by atoms with Crippen LogP contribution >= 0.6 is 34.8 Å². The maximum Gasteiger partial charge on any atom is 0.316 e. The van der Waals surface area contributed by atoms with Gasteiger partial charge in [-0.1, -0.05) is 73.8 Å². The summed E-state index contributed by atoms with van der Waals surface area (Å²) in [6.45, 7) is 5.79. The standard InChI is InChI=1S/C14H23Cl3O3/c1-4-5-6-7-8-9-10-13(2,3)11(18)20-12(19-10)14(15,16)17/h10,12H,4-9H2,1-3H3/t10-,12-/m1/s1. The highest BCUT2D eigenvalue weighted by molar-refractivity contribution is 6.68. The Balaban J connectivity index is 2.58. The summed E-state index contributed by atoms with van der Waals surface area (Å²) in [6.07, 6.45) is 5.09. The van der Waals surface area contributed by atoms with Crippen LogP contribution in [-0.4, -0.2) is 22.2 Å². The van der Waals surface area contributed by atoms with E-state index in [9.17, 15) is 4.79 Å². The van der Waals surface area contributed by atoms with Crippen LogP contribution < -0.4 is 0 Å². The van der Waals surface area contributed by atoms with E-state index in [0.29, 0.717) is 0 Å². The molecule has 0 aromatic rings. The smallest absolute Gasteiger partial charge is 0.316 e. The van der Waals surface area contributed by atoms with Crippen molar-refractivity contribution in [3.8, 4) is 0 Å². The summed E-state index contributed by atoms with van der Waals surface area (Å²) in [4.78, 5) is 12.0. The lowest BCUT2D eigenvalue weighted by Crippen LogP contribution is -2.53. The second-order valence-electron chi connectivity index (χ2n) is 5.83. The van der Waals surface area contributed by atoms with E-state index in [4.69, 9.17) is 44.3 Å². The first-order valence-electron chi connectivity index (χ1n) is 7.13. The number of halogens is 3. The molecule has 118 valence electrons. The van der Waals surface area contributed by atoms with E-state index in [1.165, 1.54) is 19.3 Å². The minimum Gasteiger partial charge on any atom is -0.430 e. The van der Waals surface area contributed by atoms with E-state index in [-0.39, 0.29) is 12.1 Å². The molecule has 0 radical (unpaired) electrons. The third kappa shape index (κ3) is 4.94. The van der Waals surface area contributed by atoms with E-state index >= 15 is 0 Å². The molecule has 0 amide bonds. The average Bonchev–Trinajstić information content (AvgIpc) is 2.32. The Labute approximate surface area is 136 Å². The third-order valence-corrected chi connectivity index (χ3v) is 4.20. The van der Waals surface area contributed by atoms with E-state index in [1.807, 2.05) is 0 Å². The highest BCUT2D eigenvalue weighted by Crippen LogP contribution is 2.42. The number of cyclic esters (lactones) is 1. The largest absolute Gasteiger partial charge is 0.430 e. The van der Waals surface area contributed by atoms with Crippen molar-refractivity contribution in [2.75, 3.05) is 0 Å². The highest BCUT2D eigenvalue weighted by Gasteiger charge is 2.51. The van der Waals surface area contributed by atoms with Crippen LogP contribution in [0.1, 0.15) is 59.3 Å². The summed E-state index contributed by atoms with van der Waals surface area (Å²) < 4.78 is 9.03. The second-order valence-corrected chi connectivity index (χ2v) is 8.20. The zero-order valence-electron chi connectivity index (χ0n) is 12.3. The SMILES string of the molecule is CCCCCCC[C@H]1O[C@@H](C(Cl)(Cl)Cl)OC(=O)C1(C)C. The van der Waals surface area contributed by atoms with Crippen molar-refractivity contribution >= 4 is 40.8 Å². The molecule has 2 atom stereocenters. The maximum atomic E-state index is 12.0. The summed E-state index contributed by atoms with van der Waals surface area (Å²) in [5.74, 6) is -0.376. The Hall–Kier alpha value is 0.300. The Morgan fingerprint density at radius 2 is 1.75 bits per heavy atom. The zero-order valence-corrected chi connectivity index (χ0v) is 14.5. The topological polar surface area (TPSA) is 35.5 Å². The lowest BCUT2D eigenvalue weighted by atomic mass is 9.83. The normalized spacial score (nSPS) is 26.4. The van der Waals surface area contributed by atoms with Crippen molar-refractivity contribution in [3.05, 3.63) is 0 Å². The minimum absolute atomic E-state index is 0.286. The molecule has 1 saturated heterocycles. The van der Waals surface area contributed by atoms with Crippen LogP contribution in [0.3, 0.4) is 0 Å². The summed E-state index contributed by atoms with van der Waals surface area (Å²) >= 11 is 17.3. The van der Waals surface area contributed by atoms with Gasteiger partial charge < -0.3 is 9.47 Å². The summed E-state index contributed by atoms with van der Waals surface area (Å²) in [5.41, 5.74) is -0.711. The fourth-order valence-electron chi connectivity index (χ4n) is 2.23. The van der Waals surface area contributed by atoms with Crippen LogP contribution in [0.15, 0.2) is 0 Å². The summed E-state index contributed by atoms with van der Waals surface area (Å²) in [6, 6.07) is 0. The van der Waals surface area contributed by atoms with E-state index in [2.05, 4.69) is 6.92 Å². The van der Waals surface area contributed by atoms with Gasteiger partial charge in [0.2, 0.25) is 0 Å². The first-order valence-corrected chi connectivity index (χ1v) is 8.26. The summed E-state index contributed by atoms with van der Waals surface area (Å²) in [7, 11) is 0. The van der Waals surface area contributed by atoms with Crippen LogP contribution in [0.5, 0.6) is 0 Å². The van der Waals surface area contributed by atoms with Gasteiger partial charge in [-0.3, -0.25) is 4.79 Å². The highest BCUT2D eigenvalue weighted by atomic mass is 35.6. The summed E-state index contributed by atoms with van der Waals surface area (Å²) in [5, 5.41) is 0. The van der Waals surface area contributed by atoms with Crippen molar-refractivity contribution in [2.24, 2.45) is 5.41 Å². The van der Waals surface area contributed by atoms with Crippen LogP contribution in [0.2, 0.25) is 0 Å². The van der Waals surface area contributed by atoms with Gasteiger partial charge in [0.1, 0.15) is 0 Å². The van der Waals surface area contributed by atoms with Crippen LogP contribution in [-0.2, 0) is 14.3 Å². The number of carbonyl (C=O) groups excluding carboxylic acids is 1. The molecule has 0 bridgehead atoms. The average molecular weight is 346 g/mol. The number of carbonyl (C=O) groups is 1. The molecule has 1 heterocycles. The molecule has 0 N–H and O–H groups in total. The van der Waals surface area contributed by atoms with Crippen molar-refractivity contribution < 1.29 is 14.3 Å². The molecule has 0 unspecified atom stereocenters. The molecule has 0 saturated carbocycles. The molecule has 1 rings (SSSR count). The van der Waals surface area contributed by atoms with Gasteiger partial charge in [-0.2, -0.15) is 0 Å². The van der Waals surface area contributed by atoms with Gasteiger partial charge in [0, 0.05) is 0 Å². The Morgan fingerprint density at radius 3 is 2.30 bits per heavy atom. The van der Waals surface area contributed by atoms with Gasteiger partial charge in [0.15, 0.2) is 0 Å². The molecule has 1 aliphatic rings. The molecule has 0 aromatic carbocycles. The van der Waals surface area contributed by atoms with Gasteiger partial charge >= 0.3 is 5.97 Å². The molecule has 20 heavy (non-hydrogen) atoms. The number of hydrogen-bond acceptors (Lipinski definition) is 3. The minimum atomic E-state index is -1.76. The van der Waals surface area contributed by atoms with Crippen molar-refractivity contribution in [1.82, 2.24) is 0 Å². The fourth-order valence-corrected chi connectivity index (χ4v) is 2.52. The predicted molar refractivity (Wildman–Crippen MR) is 82.2 cm³/mol. The first-order chi connectivity index (χ1) is 9.19. The first kappa shape index (κ1) is 18.3. The third-order valence-electron chi connectivity index (χ3n) is 3.67. The fraction of sp³-hybridized carbons (Fsp3) is 0.929. The van der Waals surface area contributed by atoms with Crippen LogP contribution in [0.25, 0.3) is 0 Å². The quantitative estimate of drug-likeness (QED) is 0.385. The van der Waals surface area contributed by atoms with Gasteiger partial charge in [-0.15, -0.1) is 0 Å². The Morgan fingerprint density at radius 1 is 1.15 bits per heavy atom. The molecule has 0 aromatic heterocycles. The maximum absolute atomic E-state index is 12.0. The zero-order chi connectivity index (χ0) is 15.4. The van der Waals surface area contributed by atoms with Crippen molar-refractivity contribution in [2.45, 2.75) is 75.5 Å². The van der Waals surface area contributed by atoms with Gasteiger partial charge in [-0.25, -0.2) is 0 Å².